The summed E-state index contributed by atoms with van der Waals surface area (Å²) in [6, 6.07) is 0. The maximum absolute atomic E-state index is 12.7. The van der Waals surface area contributed by atoms with Crippen LogP contribution in [0.3, 0.4) is 0 Å². The second-order valence-corrected chi connectivity index (χ2v) is 16.7. The molecule has 0 heterocycles. The minimum absolute atomic E-state index is 0.0798. The van der Waals surface area contributed by atoms with E-state index in [1.54, 1.807) is 0 Å². The van der Waals surface area contributed by atoms with Crippen LogP contribution < -0.4 is 0 Å². The molecule has 0 spiro atoms. The Morgan fingerprint density at radius 1 is 0.356 bits per heavy atom. The number of unbranched alkanes of at least 4 members (excludes halogenated alkanes) is 26. The summed E-state index contributed by atoms with van der Waals surface area (Å²) in [4.78, 5) is 37.7. The normalized spacial score (nSPS) is 12.4. The van der Waals surface area contributed by atoms with Gasteiger partial charge in [0.05, 0.1) is 0 Å². The number of hydrogen-bond donors (Lipinski definition) is 0. The number of hydrogen-bond acceptors (Lipinski definition) is 6. The van der Waals surface area contributed by atoms with Crippen LogP contribution in [0.4, 0.5) is 0 Å². The molecule has 0 saturated carbocycles. The van der Waals surface area contributed by atoms with Crippen molar-refractivity contribution in [3.05, 3.63) is 48.6 Å². The van der Waals surface area contributed by atoms with Crippen molar-refractivity contribution in [2.45, 2.75) is 258 Å². The summed E-state index contributed by atoms with van der Waals surface area (Å²) in [6.07, 6.45) is 56.8. The molecule has 1 unspecified atom stereocenters. The Morgan fingerprint density at radius 2 is 0.661 bits per heavy atom. The summed E-state index contributed by atoms with van der Waals surface area (Å²) in [5.74, 6) is -0.901. The van der Waals surface area contributed by atoms with Crippen LogP contribution in [-0.4, -0.2) is 37.2 Å². The zero-order valence-corrected chi connectivity index (χ0v) is 39.0. The van der Waals surface area contributed by atoms with E-state index in [0.29, 0.717) is 19.3 Å². The molecule has 6 heteroatoms. The summed E-state index contributed by atoms with van der Waals surface area (Å²) in [5.41, 5.74) is 0. The van der Waals surface area contributed by atoms with Gasteiger partial charge in [0, 0.05) is 19.3 Å². The van der Waals surface area contributed by atoms with Gasteiger partial charge < -0.3 is 14.2 Å². The summed E-state index contributed by atoms with van der Waals surface area (Å²) < 4.78 is 16.7. The average Bonchev–Trinajstić information content (AvgIpc) is 3.23. The van der Waals surface area contributed by atoms with E-state index in [9.17, 15) is 14.4 Å². The van der Waals surface area contributed by atoms with Gasteiger partial charge in [-0.05, 0) is 77.0 Å². The van der Waals surface area contributed by atoms with Gasteiger partial charge in [-0.3, -0.25) is 14.4 Å². The lowest BCUT2D eigenvalue weighted by Crippen LogP contribution is -2.30. The smallest absolute Gasteiger partial charge is 0.306 e. The Balaban J connectivity index is 4.26. The van der Waals surface area contributed by atoms with Gasteiger partial charge in [-0.2, -0.15) is 0 Å². The van der Waals surface area contributed by atoms with Crippen LogP contribution in [0.1, 0.15) is 252 Å². The molecule has 0 aromatic carbocycles. The molecule has 0 rings (SSSR count). The van der Waals surface area contributed by atoms with E-state index < -0.39 is 6.10 Å². The van der Waals surface area contributed by atoms with Crippen molar-refractivity contribution < 1.29 is 28.6 Å². The number of ether oxygens (including phenoxy) is 3. The minimum Gasteiger partial charge on any atom is -0.462 e. The third kappa shape index (κ3) is 46.3. The molecule has 0 aliphatic rings. The fourth-order valence-corrected chi connectivity index (χ4v) is 7.04. The van der Waals surface area contributed by atoms with Crippen LogP contribution >= 0.6 is 0 Å². The van der Waals surface area contributed by atoms with E-state index in [-0.39, 0.29) is 31.1 Å². The predicted octanol–water partition coefficient (Wildman–Crippen LogP) is 16.3. The van der Waals surface area contributed by atoms with Crippen LogP contribution in [0.15, 0.2) is 48.6 Å². The first-order chi connectivity index (χ1) is 29.0. The highest BCUT2D eigenvalue weighted by atomic mass is 16.6. The summed E-state index contributed by atoms with van der Waals surface area (Å²) >= 11 is 0. The minimum atomic E-state index is -0.778. The first-order valence-electron chi connectivity index (χ1n) is 25.1. The molecule has 1 atom stereocenters. The second-order valence-electron chi connectivity index (χ2n) is 16.7. The van der Waals surface area contributed by atoms with Gasteiger partial charge in [-0.15, -0.1) is 0 Å². The lowest BCUT2D eigenvalue weighted by Gasteiger charge is -2.18. The highest BCUT2D eigenvalue weighted by molar-refractivity contribution is 5.71. The highest BCUT2D eigenvalue weighted by Crippen LogP contribution is 2.15. The van der Waals surface area contributed by atoms with Gasteiger partial charge >= 0.3 is 17.9 Å². The zero-order valence-electron chi connectivity index (χ0n) is 39.0. The fraction of sp³-hybridized carbons (Fsp3) is 0.792. The van der Waals surface area contributed by atoms with Crippen LogP contribution in [0.5, 0.6) is 0 Å². The molecule has 0 aromatic heterocycles. The summed E-state index contributed by atoms with van der Waals surface area (Å²) in [5, 5.41) is 0. The van der Waals surface area contributed by atoms with Crippen molar-refractivity contribution >= 4 is 17.9 Å². The van der Waals surface area contributed by atoms with E-state index in [0.717, 1.165) is 96.3 Å². The molecule has 59 heavy (non-hydrogen) atoms. The molecular weight excluding hydrogens is 733 g/mol. The topological polar surface area (TPSA) is 78.9 Å². The molecule has 342 valence electrons. The monoisotopic (exact) mass is 827 g/mol. The fourth-order valence-electron chi connectivity index (χ4n) is 7.04. The van der Waals surface area contributed by atoms with Crippen molar-refractivity contribution in [3.63, 3.8) is 0 Å². The number of allylic oxidation sites excluding steroid dienone is 8. The lowest BCUT2D eigenvalue weighted by atomic mass is 10.1. The Hall–Kier alpha value is -2.63. The molecule has 0 amide bonds. The van der Waals surface area contributed by atoms with Crippen molar-refractivity contribution in [3.8, 4) is 0 Å². The molecule has 0 aromatic rings. The van der Waals surface area contributed by atoms with Gasteiger partial charge in [0.25, 0.3) is 0 Å². The molecule has 0 N–H and O–H groups in total. The maximum Gasteiger partial charge on any atom is 0.306 e. The Bertz CT molecular complexity index is 1040. The number of rotatable bonds is 45. The first kappa shape index (κ1) is 56.4. The molecule has 0 aliphatic heterocycles. The largest absolute Gasteiger partial charge is 0.462 e. The van der Waals surface area contributed by atoms with Crippen LogP contribution in [0.2, 0.25) is 0 Å². The predicted molar refractivity (Wildman–Crippen MR) is 252 cm³/mol. The second kappa shape index (κ2) is 48.0. The van der Waals surface area contributed by atoms with Crippen molar-refractivity contribution in [2.75, 3.05) is 13.2 Å². The SMILES string of the molecule is CC/C=C\C/C=C\C/C=C\CCCCCCCC(=O)OC(COC(=O)CCCCCCCCC)COC(=O)CCCCCCCCCCC/C=C\CCCCCCCC. The van der Waals surface area contributed by atoms with Crippen molar-refractivity contribution in [2.24, 2.45) is 0 Å². The van der Waals surface area contributed by atoms with Gasteiger partial charge in [0.15, 0.2) is 6.10 Å². The number of carbonyl (C=O) groups excluding carboxylic acids is 3. The van der Waals surface area contributed by atoms with Gasteiger partial charge in [-0.1, -0.05) is 204 Å². The molecule has 6 nitrogen and oxygen atoms in total. The third-order valence-electron chi connectivity index (χ3n) is 10.8. The molecule has 0 fully saturated rings. The highest BCUT2D eigenvalue weighted by Gasteiger charge is 2.19. The Morgan fingerprint density at radius 3 is 1.05 bits per heavy atom. The van der Waals surface area contributed by atoms with Crippen molar-refractivity contribution in [1.82, 2.24) is 0 Å². The Labute approximate surface area is 365 Å². The summed E-state index contributed by atoms with van der Waals surface area (Å²) in [7, 11) is 0. The molecule has 0 radical (unpaired) electrons. The Kier molecular flexibility index (Phi) is 45.9. The zero-order chi connectivity index (χ0) is 43.0. The standard InChI is InChI=1S/C53H94O6/c1-4-7-10-13-16-18-20-22-24-25-26-27-29-30-32-34-37-40-43-46-52(55)58-49-50(48-57-51(54)45-42-39-36-15-12-9-6-3)59-53(56)47-44-41-38-35-33-31-28-23-21-19-17-14-11-8-5-2/h8,11,17,19,22-24,28,50H,4-7,9-10,12-16,18,20-21,25-27,29-49H2,1-3H3/b11-8-,19-17-,24-22-,28-23-. The van der Waals surface area contributed by atoms with E-state index >= 15 is 0 Å². The number of esters is 3. The van der Waals surface area contributed by atoms with Gasteiger partial charge in [0.2, 0.25) is 0 Å². The maximum atomic E-state index is 12.7. The van der Waals surface area contributed by atoms with E-state index in [2.05, 4.69) is 69.4 Å². The lowest BCUT2D eigenvalue weighted by molar-refractivity contribution is -0.167. The van der Waals surface area contributed by atoms with E-state index in [1.165, 1.54) is 116 Å². The third-order valence-corrected chi connectivity index (χ3v) is 10.8. The molecular formula is C53H94O6. The van der Waals surface area contributed by atoms with Gasteiger partial charge in [-0.25, -0.2) is 0 Å². The van der Waals surface area contributed by atoms with E-state index in [1.807, 2.05) is 0 Å². The number of carbonyl (C=O) groups is 3. The molecule has 0 saturated heterocycles. The van der Waals surface area contributed by atoms with E-state index in [4.69, 9.17) is 14.2 Å². The quantitative estimate of drug-likeness (QED) is 0.0263. The molecule has 0 aliphatic carbocycles. The summed E-state index contributed by atoms with van der Waals surface area (Å²) in [6.45, 7) is 6.47. The van der Waals surface area contributed by atoms with Crippen LogP contribution in [-0.2, 0) is 28.6 Å². The van der Waals surface area contributed by atoms with Crippen LogP contribution in [0.25, 0.3) is 0 Å². The first-order valence-corrected chi connectivity index (χ1v) is 25.1. The average molecular weight is 827 g/mol. The van der Waals surface area contributed by atoms with Crippen LogP contribution in [0, 0.1) is 0 Å². The van der Waals surface area contributed by atoms with Crippen molar-refractivity contribution in [1.29, 1.82) is 0 Å². The molecule has 0 bridgehead atoms. The van der Waals surface area contributed by atoms with Gasteiger partial charge in [0.1, 0.15) is 13.2 Å².